The zero-order chi connectivity index (χ0) is 21.3. The van der Waals surface area contributed by atoms with Crippen molar-refractivity contribution in [3.05, 3.63) is 35.4 Å². The van der Waals surface area contributed by atoms with E-state index in [9.17, 15) is 19.8 Å². The Morgan fingerprint density at radius 2 is 0.933 bits per heavy atom. The minimum atomic E-state index is -0.375. The van der Waals surface area contributed by atoms with Crippen molar-refractivity contribution in [2.45, 2.75) is 51.4 Å². The highest BCUT2D eigenvalue weighted by molar-refractivity contribution is 5.93. The first kappa shape index (κ1) is 22.8. The van der Waals surface area contributed by atoms with E-state index in [-0.39, 0.29) is 25.2 Å². The van der Waals surface area contributed by atoms with E-state index < -0.39 is 0 Å². The molecule has 0 bridgehead atoms. The topological polar surface area (TPSA) is 93.1 Å². The fourth-order valence-electron chi connectivity index (χ4n) is 4.46. The molecule has 2 N–H and O–H groups in total. The summed E-state index contributed by atoms with van der Waals surface area (Å²) < 4.78 is 10.9. The van der Waals surface area contributed by atoms with Gasteiger partial charge in [0.05, 0.1) is 24.3 Å². The molecular weight excluding hydrogens is 384 g/mol. The van der Waals surface area contributed by atoms with Crippen LogP contribution in [0.5, 0.6) is 0 Å². The second-order valence-electron chi connectivity index (χ2n) is 8.91. The molecule has 2 fully saturated rings. The molecule has 0 unspecified atom stereocenters. The summed E-state index contributed by atoms with van der Waals surface area (Å²) in [6.07, 6.45) is 7.85. The van der Waals surface area contributed by atoms with Crippen LogP contribution < -0.4 is 0 Å². The maximum Gasteiger partial charge on any atom is 0.338 e. The summed E-state index contributed by atoms with van der Waals surface area (Å²) in [6.45, 7) is 1.29. The van der Waals surface area contributed by atoms with Gasteiger partial charge in [-0.1, -0.05) is 0 Å². The first-order chi connectivity index (χ1) is 14.6. The molecule has 1 aromatic rings. The van der Waals surface area contributed by atoms with E-state index in [0.29, 0.717) is 48.0 Å². The molecular formula is C24H34O6. The monoisotopic (exact) mass is 418 g/mol. The molecule has 166 valence electrons. The van der Waals surface area contributed by atoms with Crippen molar-refractivity contribution in [2.24, 2.45) is 23.7 Å². The molecule has 6 nitrogen and oxygen atoms in total. The quantitative estimate of drug-likeness (QED) is 0.627. The Morgan fingerprint density at radius 1 is 0.633 bits per heavy atom. The molecule has 3 rings (SSSR count). The van der Waals surface area contributed by atoms with E-state index in [4.69, 9.17) is 9.47 Å². The van der Waals surface area contributed by atoms with Gasteiger partial charge in [0.25, 0.3) is 0 Å². The number of esters is 2. The van der Waals surface area contributed by atoms with Crippen LogP contribution in [-0.2, 0) is 9.47 Å². The van der Waals surface area contributed by atoms with Crippen molar-refractivity contribution in [1.29, 1.82) is 0 Å². The van der Waals surface area contributed by atoms with Crippen LogP contribution in [0.15, 0.2) is 24.3 Å². The highest BCUT2D eigenvalue weighted by atomic mass is 16.5. The third-order valence-electron chi connectivity index (χ3n) is 6.71. The van der Waals surface area contributed by atoms with Gasteiger partial charge in [-0.25, -0.2) is 9.59 Å². The fourth-order valence-corrected chi connectivity index (χ4v) is 4.46. The predicted octanol–water partition coefficient (Wildman–Crippen LogP) is 3.60. The average Bonchev–Trinajstić information content (AvgIpc) is 2.81. The molecule has 2 aliphatic carbocycles. The van der Waals surface area contributed by atoms with Gasteiger partial charge in [-0.3, -0.25) is 0 Å². The standard InChI is InChI=1S/C24H34O6/c25-13-17-1-5-19(6-2-17)15-29-23(27)21-9-11-22(12-10-21)24(28)30-16-20-7-3-18(14-26)4-8-20/h9-12,17-20,25-26H,1-8,13-16H2/t17-,18-,19-,20-. The smallest absolute Gasteiger partial charge is 0.338 e. The van der Waals surface area contributed by atoms with E-state index in [2.05, 4.69) is 0 Å². The molecule has 30 heavy (non-hydrogen) atoms. The van der Waals surface area contributed by atoms with Crippen LogP contribution in [-0.4, -0.2) is 48.6 Å². The summed E-state index contributed by atoms with van der Waals surface area (Å²) in [7, 11) is 0. The molecule has 0 radical (unpaired) electrons. The normalized spacial score (nSPS) is 26.7. The minimum absolute atomic E-state index is 0.242. The summed E-state index contributed by atoms with van der Waals surface area (Å²) in [5.41, 5.74) is 0.857. The van der Waals surface area contributed by atoms with E-state index >= 15 is 0 Å². The Morgan fingerprint density at radius 3 is 1.23 bits per heavy atom. The van der Waals surface area contributed by atoms with Crippen LogP contribution in [0.3, 0.4) is 0 Å². The van der Waals surface area contributed by atoms with Crippen molar-refractivity contribution >= 4 is 11.9 Å². The molecule has 1 aromatic carbocycles. The molecule has 0 aromatic heterocycles. The van der Waals surface area contributed by atoms with Crippen LogP contribution in [0, 0.1) is 23.7 Å². The molecule has 2 aliphatic rings. The second-order valence-corrected chi connectivity index (χ2v) is 8.91. The minimum Gasteiger partial charge on any atom is -0.462 e. The molecule has 0 saturated heterocycles. The first-order valence-electron chi connectivity index (χ1n) is 11.2. The van der Waals surface area contributed by atoms with Crippen molar-refractivity contribution < 1.29 is 29.3 Å². The summed E-state index contributed by atoms with van der Waals surface area (Å²) in [4.78, 5) is 24.6. The van der Waals surface area contributed by atoms with Crippen molar-refractivity contribution in [2.75, 3.05) is 26.4 Å². The van der Waals surface area contributed by atoms with Gasteiger partial charge in [0.1, 0.15) is 0 Å². The summed E-state index contributed by atoms with van der Waals surface area (Å²) in [5, 5.41) is 18.4. The summed E-state index contributed by atoms with van der Waals surface area (Å²) in [5.74, 6) is 0.746. The van der Waals surface area contributed by atoms with Gasteiger partial charge >= 0.3 is 11.9 Å². The van der Waals surface area contributed by atoms with Gasteiger partial charge in [-0.2, -0.15) is 0 Å². The maximum absolute atomic E-state index is 12.3. The molecule has 2 saturated carbocycles. The van der Waals surface area contributed by atoms with Gasteiger partial charge in [-0.15, -0.1) is 0 Å². The van der Waals surface area contributed by atoms with Crippen LogP contribution in [0.4, 0.5) is 0 Å². The van der Waals surface area contributed by atoms with E-state index in [0.717, 1.165) is 51.4 Å². The number of ether oxygens (including phenoxy) is 2. The molecule has 0 spiro atoms. The Labute approximate surface area is 178 Å². The average molecular weight is 419 g/mol. The SMILES string of the molecule is O=C(OC[C@H]1CC[C@H](CO)CC1)c1ccc(C(=O)OC[C@H]2CC[C@H](CO)CC2)cc1. The van der Waals surface area contributed by atoms with Crippen LogP contribution in [0.25, 0.3) is 0 Å². The number of hydrogen-bond donors (Lipinski definition) is 2. The number of aliphatic hydroxyl groups is 2. The number of aliphatic hydroxyl groups excluding tert-OH is 2. The third kappa shape index (κ3) is 6.54. The maximum atomic E-state index is 12.3. The van der Waals surface area contributed by atoms with Gasteiger partial charge in [-0.05, 0) is 99.3 Å². The number of carbonyl (C=O) groups excluding carboxylic acids is 2. The lowest BCUT2D eigenvalue weighted by Crippen LogP contribution is -2.22. The van der Waals surface area contributed by atoms with Crippen LogP contribution in [0.2, 0.25) is 0 Å². The summed E-state index contributed by atoms with van der Waals surface area (Å²) >= 11 is 0. The third-order valence-corrected chi connectivity index (χ3v) is 6.71. The van der Waals surface area contributed by atoms with Crippen molar-refractivity contribution in [1.82, 2.24) is 0 Å². The number of carbonyl (C=O) groups is 2. The summed E-state index contributed by atoms with van der Waals surface area (Å²) in [6, 6.07) is 6.42. The highest BCUT2D eigenvalue weighted by Crippen LogP contribution is 2.29. The molecule has 0 amide bonds. The number of benzene rings is 1. The molecule has 0 aliphatic heterocycles. The number of hydrogen-bond acceptors (Lipinski definition) is 6. The second kappa shape index (κ2) is 11.5. The molecule has 0 heterocycles. The van der Waals surface area contributed by atoms with Crippen molar-refractivity contribution in [3.8, 4) is 0 Å². The Kier molecular flexibility index (Phi) is 8.70. The lowest BCUT2D eigenvalue weighted by Gasteiger charge is -2.26. The van der Waals surface area contributed by atoms with E-state index in [1.165, 1.54) is 0 Å². The Balaban J connectivity index is 1.39. The van der Waals surface area contributed by atoms with Crippen LogP contribution in [0.1, 0.15) is 72.1 Å². The Hall–Kier alpha value is -1.92. The lowest BCUT2D eigenvalue weighted by atomic mass is 9.83. The zero-order valence-electron chi connectivity index (χ0n) is 17.6. The molecule has 0 atom stereocenters. The predicted molar refractivity (Wildman–Crippen MR) is 112 cm³/mol. The van der Waals surface area contributed by atoms with Gasteiger partial charge in [0, 0.05) is 13.2 Å². The molecule has 6 heteroatoms. The first-order valence-corrected chi connectivity index (χ1v) is 11.2. The van der Waals surface area contributed by atoms with Crippen molar-refractivity contribution in [3.63, 3.8) is 0 Å². The van der Waals surface area contributed by atoms with E-state index in [1.807, 2.05) is 0 Å². The fraction of sp³-hybridized carbons (Fsp3) is 0.667. The van der Waals surface area contributed by atoms with Gasteiger partial charge in [0.2, 0.25) is 0 Å². The van der Waals surface area contributed by atoms with Gasteiger partial charge < -0.3 is 19.7 Å². The Bertz CT molecular complexity index is 610. The van der Waals surface area contributed by atoms with Crippen LogP contribution >= 0.6 is 0 Å². The number of rotatable bonds is 8. The van der Waals surface area contributed by atoms with Gasteiger partial charge in [0.15, 0.2) is 0 Å². The zero-order valence-corrected chi connectivity index (χ0v) is 17.6. The lowest BCUT2D eigenvalue weighted by molar-refractivity contribution is 0.0367. The highest BCUT2D eigenvalue weighted by Gasteiger charge is 2.23. The largest absolute Gasteiger partial charge is 0.462 e. The van der Waals surface area contributed by atoms with E-state index in [1.54, 1.807) is 24.3 Å².